The first-order chi connectivity index (χ1) is 10.3. The number of carbonyl (C=O) groups is 1. The van der Waals surface area contributed by atoms with E-state index in [1.807, 2.05) is 66.7 Å². The van der Waals surface area contributed by atoms with E-state index in [0.717, 1.165) is 0 Å². The quantitative estimate of drug-likeness (QED) is 0.444. The van der Waals surface area contributed by atoms with Crippen LogP contribution in [0.2, 0.25) is 0 Å². The maximum atomic E-state index is 10.5. The minimum absolute atomic E-state index is 0. The molecule has 0 aromatic heterocycles. The molecule has 3 rings (SSSR count). The first-order valence-electron chi connectivity index (χ1n) is 6.39. The van der Waals surface area contributed by atoms with Gasteiger partial charge >= 0.3 is 0 Å². The smallest absolute Gasteiger partial charge is 0.0422 e. The molecule has 0 spiro atoms. The van der Waals surface area contributed by atoms with Gasteiger partial charge in [-0.3, -0.25) is 0 Å². The van der Waals surface area contributed by atoms with Crippen molar-refractivity contribution in [3.8, 4) is 0 Å². The molecule has 0 aliphatic carbocycles. The van der Waals surface area contributed by atoms with Gasteiger partial charge in [-0.25, -0.2) is 0 Å². The molecule has 0 atom stereocenters. The Morgan fingerprint density at radius 2 is 1.05 bits per heavy atom. The van der Waals surface area contributed by atoms with Crippen molar-refractivity contribution in [3.05, 3.63) is 109 Å². The number of carbonyl (C=O) groups excluding carboxylic acids is 1. The van der Waals surface area contributed by atoms with Crippen LogP contribution in [0.4, 0.5) is 0 Å². The van der Waals surface area contributed by atoms with Gasteiger partial charge in [0.2, 0.25) is 0 Å². The Kier molecular flexibility index (Phi) is 13.2. The van der Waals surface area contributed by atoms with E-state index in [9.17, 15) is 4.79 Å². The first kappa shape index (κ1) is 20.4. The zero-order chi connectivity index (χ0) is 15.2. The Balaban J connectivity index is 0.000000303. The molecule has 3 aromatic rings. The van der Waals surface area contributed by atoms with Crippen LogP contribution in [0, 0.1) is 12.1 Å². The molecule has 5 radical (unpaired) electrons. The SMILES string of the molecule is O=C([S-])c1ccccc1.[Sb].[c]1ccccc1.[c]1ccccc1. The second-order valence-corrected chi connectivity index (χ2v) is 4.18. The summed E-state index contributed by atoms with van der Waals surface area (Å²) < 4.78 is 0. The van der Waals surface area contributed by atoms with E-state index in [1.165, 1.54) is 0 Å². The van der Waals surface area contributed by atoms with Crippen LogP contribution in [0.15, 0.2) is 91.0 Å². The third-order valence-electron chi connectivity index (χ3n) is 2.22. The van der Waals surface area contributed by atoms with Crippen LogP contribution in [0.1, 0.15) is 10.4 Å². The molecule has 22 heavy (non-hydrogen) atoms. The van der Waals surface area contributed by atoms with Crippen LogP contribution in [-0.2, 0) is 12.6 Å². The van der Waals surface area contributed by atoms with Crippen LogP contribution >= 0.6 is 0 Å². The van der Waals surface area contributed by atoms with Crippen molar-refractivity contribution in [2.75, 3.05) is 0 Å². The topological polar surface area (TPSA) is 17.1 Å². The van der Waals surface area contributed by atoms with Crippen molar-refractivity contribution in [2.24, 2.45) is 0 Å². The first-order valence-corrected chi connectivity index (χ1v) is 6.80. The van der Waals surface area contributed by atoms with E-state index in [2.05, 4.69) is 24.8 Å². The Morgan fingerprint density at radius 3 is 1.23 bits per heavy atom. The Hall–Kier alpha value is -1.63. The van der Waals surface area contributed by atoms with E-state index in [4.69, 9.17) is 0 Å². The summed E-state index contributed by atoms with van der Waals surface area (Å²) >= 11 is 4.41. The van der Waals surface area contributed by atoms with E-state index >= 15 is 0 Å². The molecule has 0 bridgehead atoms. The van der Waals surface area contributed by atoms with Gasteiger partial charge in [-0.2, -0.15) is 0 Å². The maximum Gasteiger partial charge on any atom is 0.0422 e. The molecule has 1 nitrogen and oxygen atoms in total. The molecule has 0 amide bonds. The molecular weight excluding hydrogens is 398 g/mol. The van der Waals surface area contributed by atoms with Gasteiger partial charge in [0.25, 0.3) is 0 Å². The minimum Gasteiger partial charge on any atom is -0.737 e. The van der Waals surface area contributed by atoms with Gasteiger partial charge < -0.3 is 17.4 Å². The summed E-state index contributed by atoms with van der Waals surface area (Å²) in [6, 6.07) is 33.8. The van der Waals surface area contributed by atoms with Gasteiger partial charge in [0, 0.05) is 29.5 Å². The van der Waals surface area contributed by atoms with Crippen molar-refractivity contribution < 1.29 is 4.79 Å². The summed E-state index contributed by atoms with van der Waals surface area (Å²) in [6.07, 6.45) is 0. The molecule has 0 N–H and O–H groups in total. The molecule has 0 saturated heterocycles. The fraction of sp³-hybridized carbons (Fsp3) is 0. The second-order valence-electron chi connectivity index (χ2n) is 3.81. The number of hydrogen-bond acceptors (Lipinski definition) is 2. The van der Waals surface area contributed by atoms with Gasteiger partial charge in [0.05, 0.1) is 0 Å². The second kappa shape index (κ2) is 14.3. The maximum absolute atomic E-state index is 10.5. The summed E-state index contributed by atoms with van der Waals surface area (Å²) in [5.74, 6) is 0. The van der Waals surface area contributed by atoms with Crippen molar-refractivity contribution in [2.45, 2.75) is 0 Å². The third kappa shape index (κ3) is 11.1. The molecule has 0 heterocycles. The molecule has 3 aromatic carbocycles. The molecule has 109 valence electrons. The standard InChI is InChI=1S/C7H6OS.2C6H5.Sb/c8-7(9)6-4-2-1-3-5-6;2*1-2-4-6-5-3-1;/h1-5H,(H,8,9);2*1-5H;/p-1. The molecule has 0 fully saturated rings. The van der Waals surface area contributed by atoms with Crippen LogP contribution in [0.5, 0.6) is 0 Å². The normalized spacial score (nSPS) is 8.00. The Bertz CT molecular complexity index is 501. The molecular formula is C19H15OSSb-. The Morgan fingerprint density at radius 1 is 0.682 bits per heavy atom. The summed E-state index contributed by atoms with van der Waals surface area (Å²) in [4.78, 5) is 10.5. The zero-order valence-electron chi connectivity index (χ0n) is 11.9. The fourth-order valence-corrected chi connectivity index (χ4v) is 1.39. The Labute approximate surface area is 155 Å². The predicted molar refractivity (Wildman–Crippen MR) is 94.4 cm³/mol. The molecule has 3 heteroatoms. The fourth-order valence-electron chi connectivity index (χ4n) is 1.26. The number of benzene rings is 3. The van der Waals surface area contributed by atoms with Crippen molar-refractivity contribution >= 4 is 42.2 Å². The summed E-state index contributed by atoms with van der Waals surface area (Å²) in [5, 5.41) is -0.296. The average Bonchev–Trinajstić information content (AvgIpc) is 2.60. The number of hydrogen-bond donors (Lipinski definition) is 0. The zero-order valence-corrected chi connectivity index (χ0v) is 15.3. The summed E-state index contributed by atoms with van der Waals surface area (Å²) in [5.41, 5.74) is 0.590. The predicted octanol–water partition coefficient (Wildman–Crippen LogP) is 3.97. The summed E-state index contributed by atoms with van der Waals surface area (Å²) in [6.45, 7) is 0. The van der Waals surface area contributed by atoms with E-state index in [0.29, 0.717) is 5.56 Å². The third-order valence-corrected chi connectivity index (χ3v) is 2.46. The van der Waals surface area contributed by atoms with Crippen LogP contribution in [0.3, 0.4) is 0 Å². The monoisotopic (exact) mass is 412 g/mol. The summed E-state index contributed by atoms with van der Waals surface area (Å²) in [7, 11) is 0. The van der Waals surface area contributed by atoms with E-state index < -0.39 is 0 Å². The largest absolute Gasteiger partial charge is 0.737 e. The molecule has 0 saturated carbocycles. The van der Waals surface area contributed by atoms with Crippen LogP contribution < -0.4 is 0 Å². The van der Waals surface area contributed by atoms with Crippen molar-refractivity contribution in [1.82, 2.24) is 0 Å². The molecule has 0 unspecified atom stereocenters. The molecule has 0 aliphatic heterocycles. The van der Waals surface area contributed by atoms with Gasteiger partial charge in [-0.15, -0.1) is 0 Å². The van der Waals surface area contributed by atoms with Crippen molar-refractivity contribution in [1.29, 1.82) is 0 Å². The van der Waals surface area contributed by atoms with E-state index in [1.54, 1.807) is 24.3 Å². The van der Waals surface area contributed by atoms with Gasteiger partial charge in [0.15, 0.2) is 0 Å². The van der Waals surface area contributed by atoms with E-state index in [-0.39, 0.29) is 29.5 Å². The van der Waals surface area contributed by atoms with Gasteiger partial charge in [0.1, 0.15) is 0 Å². The van der Waals surface area contributed by atoms with Crippen LogP contribution in [-0.4, -0.2) is 29.5 Å². The molecule has 0 aliphatic rings. The van der Waals surface area contributed by atoms with Gasteiger partial charge in [-0.1, -0.05) is 91.0 Å². The average molecular weight is 413 g/mol. The van der Waals surface area contributed by atoms with Gasteiger partial charge in [-0.05, 0) is 17.7 Å². The number of rotatable bonds is 1. The van der Waals surface area contributed by atoms with Crippen molar-refractivity contribution in [3.63, 3.8) is 0 Å². The van der Waals surface area contributed by atoms with Crippen LogP contribution in [0.25, 0.3) is 0 Å². The minimum atomic E-state index is -0.296.